The summed E-state index contributed by atoms with van der Waals surface area (Å²) < 4.78 is 37.8. The molecule has 0 spiro atoms. The molecule has 0 bridgehead atoms. The third kappa shape index (κ3) is 4.70. The van der Waals surface area contributed by atoms with Crippen LogP contribution in [0.3, 0.4) is 0 Å². The van der Waals surface area contributed by atoms with Gasteiger partial charge in [0, 0.05) is 12.2 Å². The van der Waals surface area contributed by atoms with Gasteiger partial charge in [-0.05, 0) is 55.2 Å². The predicted octanol–water partition coefficient (Wildman–Crippen LogP) is 4.28. The number of fused-ring (bicyclic) bond motifs is 1. The lowest BCUT2D eigenvalue weighted by atomic mass is 10.1. The lowest BCUT2D eigenvalue weighted by molar-refractivity contribution is -0.143. The Labute approximate surface area is 176 Å². The molecule has 1 fully saturated rings. The van der Waals surface area contributed by atoms with Gasteiger partial charge in [0.25, 0.3) is 0 Å². The molecule has 0 aliphatic carbocycles. The van der Waals surface area contributed by atoms with Gasteiger partial charge in [-0.2, -0.15) is 13.2 Å². The summed E-state index contributed by atoms with van der Waals surface area (Å²) in [7, 11) is 0. The van der Waals surface area contributed by atoms with E-state index in [4.69, 9.17) is 0 Å². The lowest BCUT2D eigenvalue weighted by Crippen LogP contribution is -2.39. The van der Waals surface area contributed by atoms with Crippen LogP contribution in [-0.4, -0.2) is 39.4 Å². The van der Waals surface area contributed by atoms with Crippen LogP contribution in [0.4, 0.5) is 18.9 Å². The molecular weight excluding hydrogens is 409 g/mol. The number of alkyl halides is 3. The summed E-state index contributed by atoms with van der Waals surface area (Å²) in [5.74, 6) is -1.00. The van der Waals surface area contributed by atoms with E-state index in [0.29, 0.717) is 18.8 Å². The van der Waals surface area contributed by atoms with Crippen molar-refractivity contribution < 1.29 is 22.8 Å². The van der Waals surface area contributed by atoms with Crippen LogP contribution >= 0.6 is 0 Å². The first kappa shape index (κ1) is 20.9. The molecule has 1 aliphatic heterocycles. The zero-order valence-corrected chi connectivity index (χ0v) is 16.8. The molecule has 9 heteroatoms. The highest BCUT2D eigenvalue weighted by Crippen LogP contribution is 2.32. The highest BCUT2D eigenvalue weighted by molar-refractivity contribution is 6.39. The van der Waals surface area contributed by atoms with Gasteiger partial charge in [0.1, 0.15) is 5.82 Å². The summed E-state index contributed by atoms with van der Waals surface area (Å²) in [6.45, 7) is 2.38. The molecule has 1 unspecified atom stereocenters. The standard InChI is InChI=1S/C22H21F3N4O2/c1-13-7-8-16-17(10-13)28-19(27-16)18-6-3-9-29(18)21(31)20(30)26-15-5-2-4-14(11-15)12-22(23,24)25/h2,4-5,7-8,10-11,18H,3,6,9,12H2,1H3,(H,26,30)(H,27,28). The van der Waals surface area contributed by atoms with Crippen LogP contribution in [0.15, 0.2) is 42.5 Å². The van der Waals surface area contributed by atoms with Crippen molar-refractivity contribution in [3.05, 3.63) is 59.4 Å². The summed E-state index contributed by atoms with van der Waals surface area (Å²) in [5, 5.41) is 2.42. The van der Waals surface area contributed by atoms with Crippen molar-refractivity contribution in [2.45, 2.75) is 38.4 Å². The van der Waals surface area contributed by atoms with Gasteiger partial charge in [-0.1, -0.05) is 18.2 Å². The maximum Gasteiger partial charge on any atom is 0.393 e. The molecule has 1 saturated heterocycles. The van der Waals surface area contributed by atoms with Crippen LogP contribution in [0.25, 0.3) is 11.0 Å². The first-order chi connectivity index (χ1) is 14.7. The van der Waals surface area contributed by atoms with Crippen LogP contribution in [-0.2, 0) is 16.0 Å². The van der Waals surface area contributed by atoms with Crippen molar-refractivity contribution in [1.29, 1.82) is 0 Å². The van der Waals surface area contributed by atoms with Crippen molar-refractivity contribution in [1.82, 2.24) is 14.9 Å². The number of aromatic nitrogens is 2. The fourth-order valence-electron chi connectivity index (χ4n) is 3.90. The minimum atomic E-state index is -4.35. The van der Waals surface area contributed by atoms with E-state index in [1.165, 1.54) is 29.2 Å². The minimum Gasteiger partial charge on any atom is -0.340 e. The highest BCUT2D eigenvalue weighted by Gasteiger charge is 2.35. The van der Waals surface area contributed by atoms with Gasteiger partial charge in [0.15, 0.2) is 0 Å². The molecule has 3 aromatic rings. The number of amides is 2. The minimum absolute atomic E-state index is 0.00867. The SMILES string of the molecule is Cc1ccc2nc(C3CCCN3C(=O)C(=O)Nc3cccc(CC(F)(F)F)c3)[nH]c2c1. The second-order valence-electron chi connectivity index (χ2n) is 7.75. The Bertz CT molecular complexity index is 1140. The Kier molecular flexibility index (Phi) is 5.43. The lowest BCUT2D eigenvalue weighted by Gasteiger charge is -2.22. The Morgan fingerprint density at radius 3 is 2.81 bits per heavy atom. The second-order valence-corrected chi connectivity index (χ2v) is 7.75. The molecule has 0 radical (unpaired) electrons. The number of hydrogen-bond donors (Lipinski definition) is 2. The van der Waals surface area contributed by atoms with Crippen molar-refractivity contribution in [3.8, 4) is 0 Å². The van der Waals surface area contributed by atoms with Crippen LogP contribution in [0.1, 0.15) is 35.8 Å². The molecule has 2 amide bonds. The Morgan fingerprint density at radius 2 is 2.03 bits per heavy atom. The van der Waals surface area contributed by atoms with E-state index >= 15 is 0 Å². The zero-order valence-electron chi connectivity index (χ0n) is 16.8. The number of halogens is 3. The van der Waals surface area contributed by atoms with Crippen LogP contribution < -0.4 is 5.32 Å². The maximum absolute atomic E-state index is 12.8. The van der Waals surface area contributed by atoms with E-state index in [0.717, 1.165) is 23.0 Å². The molecule has 1 aromatic heterocycles. The summed E-state index contributed by atoms with van der Waals surface area (Å²) in [6.07, 6.45) is -4.07. The van der Waals surface area contributed by atoms with Crippen LogP contribution in [0.5, 0.6) is 0 Å². The summed E-state index contributed by atoms with van der Waals surface area (Å²) in [5.41, 5.74) is 2.88. The van der Waals surface area contributed by atoms with Crippen molar-refractivity contribution in [2.75, 3.05) is 11.9 Å². The van der Waals surface area contributed by atoms with E-state index in [-0.39, 0.29) is 17.3 Å². The number of H-pyrrole nitrogens is 1. The topological polar surface area (TPSA) is 78.1 Å². The highest BCUT2D eigenvalue weighted by atomic mass is 19.4. The number of aryl methyl sites for hydroxylation is 1. The monoisotopic (exact) mass is 430 g/mol. The van der Waals surface area contributed by atoms with Crippen molar-refractivity contribution in [3.63, 3.8) is 0 Å². The molecule has 2 aromatic carbocycles. The van der Waals surface area contributed by atoms with Gasteiger partial charge in [-0.15, -0.1) is 0 Å². The number of imidazole rings is 1. The van der Waals surface area contributed by atoms with Crippen molar-refractivity contribution in [2.24, 2.45) is 0 Å². The molecule has 2 N–H and O–H groups in total. The van der Waals surface area contributed by atoms with Gasteiger partial charge in [-0.3, -0.25) is 9.59 Å². The molecule has 0 saturated carbocycles. The molecule has 1 aliphatic rings. The maximum atomic E-state index is 12.8. The molecule has 162 valence electrons. The van der Waals surface area contributed by atoms with Gasteiger partial charge >= 0.3 is 18.0 Å². The average Bonchev–Trinajstić information content (AvgIpc) is 3.32. The number of nitrogens with zero attached hydrogens (tertiary/aromatic N) is 2. The van der Waals surface area contributed by atoms with E-state index in [2.05, 4.69) is 15.3 Å². The average molecular weight is 430 g/mol. The van der Waals surface area contributed by atoms with E-state index < -0.39 is 24.4 Å². The van der Waals surface area contributed by atoms with Crippen LogP contribution in [0.2, 0.25) is 0 Å². The van der Waals surface area contributed by atoms with Gasteiger partial charge in [0.05, 0.1) is 23.5 Å². The molecule has 1 atom stereocenters. The predicted molar refractivity (Wildman–Crippen MR) is 109 cm³/mol. The number of nitrogens with one attached hydrogen (secondary N) is 2. The van der Waals surface area contributed by atoms with E-state index in [1.54, 1.807) is 0 Å². The normalized spacial score (nSPS) is 16.6. The second kappa shape index (κ2) is 8.05. The number of benzene rings is 2. The first-order valence-corrected chi connectivity index (χ1v) is 9.93. The largest absolute Gasteiger partial charge is 0.393 e. The van der Waals surface area contributed by atoms with Gasteiger partial charge in [-0.25, -0.2) is 4.98 Å². The third-order valence-electron chi connectivity index (χ3n) is 5.27. The van der Waals surface area contributed by atoms with Gasteiger partial charge < -0.3 is 15.2 Å². The number of carbonyl (C=O) groups is 2. The Morgan fingerprint density at radius 1 is 1.23 bits per heavy atom. The zero-order chi connectivity index (χ0) is 22.2. The number of aromatic amines is 1. The number of likely N-dealkylation sites (tertiary alicyclic amines) is 1. The number of carbonyl (C=O) groups excluding carboxylic acids is 2. The molecule has 6 nitrogen and oxygen atoms in total. The first-order valence-electron chi connectivity index (χ1n) is 9.93. The van der Waals surface area contributed by atoms with Crippen molar-refractivity contribution >= 4 is 28.5 Å². The number of rotatable bonds is 3. The van der Waals surface area contributed by atoms with Gasteiger partial charge in [0.2, 0.25) is 0 Å². The fourth-order valence-corrected chi connectivity index (χ4v) is 3.90. The van der Waals surface area contributed by atoms with E-state index in [9.17, 15) is 22.8 Å². The molecule has 2 heterocycles. The van der Waals surface area contributed by atoms with E-state index in [1.807, 2.05) is 25.1 Å². The summed E-state index contributed by atoms with van der Waals surface area (Å²) >= 11 is 0. The number of anilines is 1. The smallest absolute Gasteiger partial charge is 0.340 e. The number of hydrogen-bond acceptors (Lipinski definition) is 3. The summed E-state index contributed by atoms with van der Waals surface area (Å²) in [6, 6.07) is 10.9. The third-order valence-corrected chi connectivity index (χ3v) is 5.27. The fraction of sp³-hybridized carbons (Fsp3) is 0.318. The molecule has 4 rings (SSSR count). The molecule has 31 heavy (non-hydrogen) atoms. The van der Waals surface area contributed by atoms with Crippen LogP contribution in [0, 0.1) is 6.92 Å². The Hall–Kier alpha value is -3.36. The quantitative estimate of drug-likeness (QED) is 0.609. The Balaban J connectivity index is 1.49. The molecular formula is C22H21F3N4O2. The summed E-state index contributed by atoms with van der Waals surface area (Å²) in [4.78, 5) is 34.6.